The van der Waals surface area contributed by atoms with Gasteiger partial charge in [-0.3, -0.25) is 9.59 Å². The molecule has 0 radical (unpaired) electrons. The number of ether oxygens (including phenoxy) is 1. The molecular weight excluding hydrogens is 232 g/mol. The Morgan fingerprint density at radius 3 is 2.61 bits per heavy atom. The second kappa shape index (κ2) is 5.07. The second-order valence-electron chi connectivity index (χ2n) is 4.24. The van der Waals surface area contributed by atoms with Gasteiger partial charge in [-0.15, -0.1) is 6.42 Å². The number of primary amides is 2. The van der Waals surface area contributed by atoms with Crippen LogP contribution in [0.2, 0.25) is 0 Å². The third kappa shape index (κ3) is 2.29. The maximum Gasteiger partial charge on any atom is 0.248 e. The van der Waals surface area contributed by atoms with Crippen LogP contribution in [0.25, 0.3) is 0 Å². The minimum atomic E-state index is -1.04. The second-order valence-corrected chi connectivity index (χ2v) is 4.24. The van der Waals surface area contributed by atoms with Gasteiger partial charge in [0, 0.05) is 5.57 Å². The molecule has 4 N–H and O–H groups in total. The molecule has 0 aromatic heterocycles. The minimum Gasteiger partial charge on any atom is -0.369 e. The van der Waals surface area contributed by atoms with E-state index in [2.05, 4.69) is 5.92 Å². The Morgan fingerprint density at radius 1 is 1.56 bits per heavy atom. The molecule has 0 saturated carbocycles. The highest BCUT2D eigenvalue weighted by atomic mass is 16.5. The number of rotatable bonds is 4. The number of terminal acetylenes is 1. The van der Waals surface area contributed by atoms with Crippen LogP contribution in [0.15, 0.2) is 23.3 Å². The van der Waals surface area contributed by atoms with E-state index in [1.165, 1.54) is 12.2 Å². The van der Waals surface area contributed by atoms with E-state index in [1.54, 1.807) is 13.8 Å². The van der Waals surface area contributed by atoms with Gasteiger partial charge in [0.25, 0.3) is 0 Å². The van der Waals surface area contributed by atoms with Crippen molar-refractivity contribution >= 4 is 11.8 Å². The fourth-order valence-electron chi connectivity index (χ4n) is 2.02. The molecule has 96 valence electrons. The quantitative estimate of drug-likeness (QED) is 0.678. The Labute approximate surface area is 106 Å². The van der Waals surface area contributed by atoms with E-state index < -0.39 is 23.3 Å². The van der Waals surface area contributed by atoms with Crippen LogP contribution in [-0.4, -0.2) is 24.0 Å². The monoisotopic (exact) mass is 248 g/mol. The first-order chi connectivity index (χ1) is 8.34. The number of carbonyl (C=O) groups is 2. The van der Waals surface area contributed by atoms with E-state index >= 15 is 0 Å². The topological polar surface area (TPSA) is 95.4 Å². The van der Waals surface area contributed by atoms with Gasteiger partial charge in [0.2, 0.25) is 11.8 Å². The molecule has 5 heteroatoms. The molecule has 2 unspecified atom stereocenters. The highest BCUT2D eigenvalue weighted by molar-refractivity contribution is 5.97. The standard InChI is InChI=1S/C13H16N2O3/c1-4-7-18-13(3)8(2)9(11(14)16)5-6-10(13)12(15)17/h1,5-6,10H,7H2,2-3H3,(H2,14,16)(H2,15,17). The van der Waals surface area contributed by atoms with Crippen molar-refractivity contribution in [1.82, 2.24) is 0 Å². The van der Waals surface area contributed by atoms with E-state index in [1.807, 2.05) is 0 Å². The predicted molar refractivity (Wildman–Crippen MR) is 66.9 cm³/mol. The fourth-order valence-corrected chi connectivity index (χ4v) is 2.02. The van der Waals surface area contributed by atoms with E-state index in [4.69, 9.17) is 22.6 Å². The lowest BCUT2D eigenvalue weighted by atomic mass is 9.76. The summed E-state index contributed by atoms with van der Waals surface area (Å²) in [6, 6.07) is 0. The summed E-state index contributed by atoms with van der Waals surface area (Å²) in [6.07, 6.45) is 8.16. The third-order valence-electron chi connectivity index (χ3n) is 3.22. The molecule has 0 fully saturated rings. The molecule has 1 aliphatic carbocycles. The van der Waals surface area contributed by atoms with Crippen molar-refractivity contribution in [1.29, 1.82) is 0 Å². The molecule has 1 rings (SSSR count). The zero-order chi connectivity index (χ0) is 13.9. The van der Waals surface area contributed by atoms with Crippen molar-refractivity contribution < 1.29 is 14.3 Å². The molecule has 0 aliphatic heterocycles. The molecule has 0 aromatic rings. The van der Waals surface area contributed by atoms with Crippen LogP contribution in [0, 0.1) is 18.3 Å². The predicted octanol–water partition coefficient (Wildman–Crippen LogP) is -0.132. The van der Waals surface area contributed by atoms with Crippen LogP contribution >= 0.6 is 0 Å². The molecule has 2 amide bonds. The summed E-state index contributed by atoms with van der Waals surface area (Å²) in [7, 11) is 0. The lowest BCUT2D eigenvalue weighted by Crippen LogP contribution is -2.47. The number of carbonyl (C=O) groups excluding carboxylic acids is 2. The van der Waals surface area contributed by atoms with Gasteiger partial charge in [0.1, 0.15) is 12.2 Å². The van der Waals surface area contributed by atoms with E-state index in [9.17, 15) is 9.59 Å². The average Bonchev–Trinajstić information content (AvgIpc) is 2.29. The van der Waals surface area contributed by atoms with E-state index in [-0.39, 0.29) is 6.61 Å². The number of hydrogen-bond acceptors (Lipinski definition) is 3. The molecule has 0 spiro atoms. The summed E-state index contributed by atoms with van der Waals surface area (Å²) in [5, 5.41) is 0. The Kier molecular flexibility index (Phi) is 3.94. The molecule has 18 heavy (non-hydrogen) atoms. The third-order valence-corrected chi connectivity index (χ3v) is 3.22. The molecule has 0 aromatic carbocycles. The Morgan fingerprint density at radius 2 is 2.17 bits per heavy atom. The zero-order valence-corrected chi connectivity index (χ0v) is 10.4. The fraction of sp³-hybridized carbons (Fsp3) is 0.385. The van der Waals surface area contributed by atoms with Crippen LogP contribution in [0.3, 0.4) is 0 Å². The number of nitrogens with two attached hydrogens (primary N) is 2. The van der Waals surface area contributed by atoms with Gasteiger partial charge < -0.3 is 16.2 Å². The normalized spacial score (nSPS) is 26.8. The van der Waals surface area contributed by atoms with Crippen molar-refractivity contribution in [2.45, 2.75) is 19.4 Å². The SMILES string of the molecule is C#CCOC1(C)C(C)=C(C(N)=O)C=CC1C(N)=O. The lowest BCUT2D eigenvalue weighted by Gasteiger charge is -2.38. The molecule has 0 heterocycles. The van der Waals surface area contributed by atoms with Crippen LogP contribution in [0.1, 0.15) is 13.8 Å². The summed E-state index contributed by atoms with van der Waals surface area (Å²) in [6.45, 7) is 3.36. The van der Waals surface area contributed by atoms with Crippen LogP contribution in [0.4, 0.5) is 0 Å². The van der Waals surface area contributed by atoms with Gasteiger partial charge >= 0.3 is 0 Å². The minimum absolute atomic E-state index is 0.0114. The Hall–Kier alpha value is -2.06. The van der Waals surface area contributed by atoms with Crippen LogP contribution in [-0.2, 0) is 14.3 Å². The van der Waals surface area contributed by atoms with Crippen LogP contribution in [0.5, 0.6) is 0 Å². The van der Waals surface area contributed by atoms with Crippen molar-refractivity contribution in [3.05, 3.63) is 23.3 Å². The van der Waals surface area contributed by atoms with Gasteiger partial charge in [-0.1, -0.05) is 18.1 Å². The van der Waals surface area contributed by atoms with Crippen molar-refractivity contribution in [2.75, 3.05) is 6.61 Å². The van der Waals surface area contributed by atoms with Crippen LogP contribution < -0.4 is 11.5 Å². The largest absolute Gasteiger partial charge is 0.369 e. The number of hydrogen-bond donors (Lipinski definition) is 2. The molecule has 1 aliphatic rings. The zero-order valence-electron chi connectivity index (χ0n) is 10.4. The first kappa shape index (κ1) is 14.0. The Bertz CT molecular complexity index is 485. The summed E-state index contributed by atoms with van der Waals surface area (Å²) < 4.78 is 5.53. The van der Waals surface area contributed by atoms with Gasteiger partial charge in [-0.05, 0) is 19.4 Å². The average molecular weight is 248 g/mol. The molecular formula is C13H16N2O3. The van der Waals surface area contributed by atoms with Gasteiger partial charge in [0.05, 0.1) is 5.92 Å². The summed E-state index contributed by atoms with van der Waals surface area (Å²) in [5.41, 5.74) is 10.4. The van der Waals surface area contributed by atoms with E-state index in [0.717, 1.165) is 0 Å². The summed E-state index contributed by atoms with van der Waals surface area (Å²) in [4.78, 5) is 22.8. The summed E-state index contributed by atoms with van der Waals surface area (Å²) in [5.74, 6) is 0.512. The van der Waals surface area contributed by atoms with Crippen molar-refractivity contribution in [3.8, 4) is 12.3 Å². The molecule has 2 atom stereocenters. The maximum absolute atomic E-state index is 11.5. The Balaban J connectivity index is 3.27. The highest BCUT2D eigenvalue weighted by Gasteiger charge is 2.42. The van der Waals surface area contributed by atoms with Gasteiger partial charge in [-0.2, -0.15) is 0 Å². The number of amides is 2. The lowest BCUT2D eigenvalue weighted by molar-refractivity contribution is -0.128. The highest BCUT2D eigenvalue weighted by Crippen LogP contribution is 2.36. The smallest absolute Gasteiger partial charge is 0.248 e. The molecule has 0 bridgehead atoms. The molecule has 5 nitrogen and oxygen atoms in total. The maximum atomic E-state index is 11.5. The first-order valence-electron chi connectivity index (χ1n) is 5.40. The van der Waals surface area contributed by atoms with Gasteiger partial charge in [0.15, 0.2) is 0 Å². The van der Waals surface area contributed by atoms with E-state index in [0.29, 0.717) is 11.1 Å². The van der Waals surface area contributed by atoms with Crippen molar-refractivity contribution in [3.63, 3.8) is 0 Å². The molecule has 0 saturated heterocycles. The van der Waals surface area contributed by atoms with Crippen molar-refractivity contribution in [2.24, 2.45) is 17.4 Å². The first-order valence-corrected chi connectivity index (χ1v) is 5.40. The summed E-state index contributed by atoms with van der Waals surface area (Å²) >= 11 is 0. The van der Waals surface area contributed by atoms with Gasteiger partial charge in [-0.25, -0.2) is 0 Å².